The normalized spacial score (nSPS) is 16.5. The molecule has 2 aromatic rings. The van der Waals surface area contributed by atoms with Gasteiger partial charge in [-0.3, -0.25) is 9.69 Å². The monoisotopic (exact) mass is 395 g/mol. The second kappa shape index (κ2) is 10.6. The number of unbranched alkanes of at least 4 members (excludes halogenated alkanes) is 1. The van der Waals surface area contributed by atoms with Gasteiger partial charge in [0.25, 0.3) is 0 Å². The number of nitrogens with zero attached hydrogens (tertiary/aromatic N) is 1. The molecule has 0 aliphatic carbocycles. The van der Waals surface area contributed by atoms with E-state index >= 15 is 0 Å². The second-order valence-electron chi connectivity index (χ2n) is 8.12. The van der Waals surface area contributed by atoms with Gasteiger partial charge in [0.15, 0.2) is 5.79 Å². The fraction of sp³-hybridized carbons (Fsp3) is 0.480. The van der Waals surface area contributed by atoms with Crippen LogP contribution in [-0.2, 0) is 14.3 Å². The molecule has 0 aromatic heterocycles. The van der Waals surface area contributed by atoms with E-state index in [1.54, 1.807) is 0 Å². The first-order valence-electron chi connectivity index (χ1n) is 10.8. The lowest BCUT2D eigenvalue weighted by atomic mass is 9.96. The predicted molar refractivity (Wildman–Crippen MR) is 117 cm³/mol. The summed E-state index contributed by atoms with van der Waals surface area (Å²) in [6.07, 6.45) is 5.75. The second-order valence-corrected chi connectivity index (χ2v) is 8.12. The summed E-state index contributed by atoms with van der Waals surface area (Å²) in [7, 11) is 0. The van der Waals surface area contributed by atoms with Gasteiger partial charge < -0.3 is 9.47 Å². The highest BCUT2D eigenvalue weighted by Crippen LogP contribution is 2.28. The molecule has 1 aliphatic heterocycles. The molecular formula is C25H33NO3. The summed E-state index contributed by atoms with van der Waals surface area (Å²) in [4.78, 5) is 14.9. The number of benzene rings is 2. The van der Waals surface area contributed by atoms with E-state index < -0.39 is 0 Å². The molecule has 3 rings (SSSR count). The minimum absolute atomic E-state index is 0.148. The van der Waals surface area contributed by atoms with Gasteiger partial charge in [0.05, 0.1) is 13.2 Å². The zero-order valence-corrected chi connectivity index (χ0v) is 17.7. The Labute approximate surface area is 174 Å². The highest BCUT2D eigenvalue weighted by molar-refractivity contribution is 6.00. The lowest BCUT2D eigenvalue weighted by Crippen LogP contribution is -2.26. The molecule has 0 unspecified atom stereocenters. The van der Waals surface area contributed by atoms with Crippen molar-refractivity contribution in [2.45, 2.75) is 58.2 Å². The van der Waals surface area contributed by atoms with Gasteiger partial charge in [0, 0.05) is 24.2 Å². The summed E-state index contributed by atoms with van der Waals surface area (Å²) < 4.78 is 11.3. The zero-order valence-electron chi connectivity index (χ0n) is 17.7. The molecule has 1 fully saturated rings. The van der Waals surface area contributed by atoms with Crippen molar-refractivity contribution in [2.24, 2.45) is 5.92 Å². The van der Waals surface area contributed by atoms with Gasteiger partial charge in [-0.05, 0) is 49.9 Å². The number of anilines is 2. The maximum absolute atomic E-state index is 13.1. The van der Waals surface area contributed by atoms with Crippen LogP contribution < -0.4 is 4.90 Å². The maximum Gasteiger partial charge on any atom is 0.231 e. The quantitative estimate of drug-likeness (QED) is 0.457. The highest BCUT2D eigenvalue weighted by atomic mass is 16.7. The third-order valence-electron chi connectivity index (χ3n) is 5.61. The molecule has 1 heterocycles. The summed E-state index contributed by atoms with van der Waals surface area (Å²) in [5, 5.41) is 0. The first-order valence-corrected chi connectivity index (χ1v) is 10.8. The van der Waals surface area contributed by atoms with Crippen molar-refractivity contribution in [1.29, 1.82) is 0 Å². The first kappa shape index (κ1) is 21.5. The van der Waals surface area contributed by atoms with Crippen LogP contribution in [0.1, 0.15) is 52.4 Å². The molecule has 0 spiro atoms. The van der Waals surface area contributed by atoms with Crippen LogP contribution in [0.3, 0.4) is 0 Å². The van der Waals surface area contributed by atoms with Gasteiger partial charge in [-0.15, -0.1) is 0 Å². The molecule has 0 N–H and O–H groups in total. The van der Waals surface area contributed by atoms with Crippen molar-refractivity contribution in [3.8, 4) is 0 Å². The Hall–Kier alpha value is -2.17. The molecular weight excluding hydrogens is 362 g/mol. The summed E-state index contributed by atoms with van der Waals surface area (Å²) in [6, 6.07) is 19.8. The van der Waals surface area contributed by atoms with Crippen molar-refractivity contribution >= 4 is 17.3 Å². The molecule has 1 saturated heterocycles. The zero-order chi connectivity index (χ0) is 20.5. The fourth-order valence-electron chi connectivity index (χ4n) is 3.86. The van der Waals surface area contributed by atoms with Crippen LogP contribution in [0.15, 0.2) is 60.7 Å². The molecule has 2 aromatic carbocycles. The predicted octanol–water partition coefficient (Wildman–Crippen LogP) is 6.09. The van der Waals surface area contributed by atoms with Crippen LogP contribution >= 0.6 is 0 Å². The molecule has 156 valence electrons. The molecule has 0 bridgehead atoms. The molecule has 29 heavy (non-hydrogen) atoms. The number of carbonyl (C=O) groups excluding carboxylic acids is 1. The lowest BCUT2D eigenvalue weighted by molar-refractivity contribution is -0.147. The molecule has 1 amide bonds. The summed E-state index contributed by atoms with van der Waals surface area (Å²) in [5.74, 6) is 0.283. The van der Waals surface area contributed by atoms with Crippen molar-refractivity contribution in [2.75, 3.05) is 18.1 Å². The fourth-order valence-corrected chi connectivity index (χ4v) is 3.86. The van der Waals surface area contributed by atoms with Gasteiger partial charge in [0.2, 0.25) is 5.91 Å². The smallest absolute Gasteiger partial charge is 0.231 e. The third kappa shape index (κ3) is 6.41. The average molecular weight is 396 g/mol. The molecule has 4 nitrogen and oxygen atoms in total. The molecule has 0 saturated carbocycles. The summed E-state index contributed by atoms with van der Waals surface area (Å²) in [5.41, 5.74) is 1.84. The molecule has 1 aliphatic rings. The Kier molecular flexibility index (Phi) is 7.84. The lowest BCUT2D eigenvalue weighted by Gasteiger charge is -2.24. The first-order chi connectivity index (χ1) is 14.1. The van der Waals surface area contributed by atoms with E-state index in [9.17, 15) is 4.79 Å². The van der Waals surface area contributed by atoms with Crippen LogP contribution in [0.5, 0.6) is 0 Å². The van der Waals surface area contributed by atoms with E-state index in [1.165, 1.54) is 0 Å². The minimum atomic E-state index is -0.384. The Bertz CT molecular complexity index is 702. The Balaban J connectivity index is 1.48. The summed E-state index contributed by atoms with van der Waals surface area (Å²) >= 11 is 0. The molecule has 4 heteroatoms. The van der Waals surface area contributed by atoms with Crippen LogP contribution in [-0.4, -0.2) is 24.9 Å². The number of amides is 1. The molecule has 0 radical (unpaired) electrons. The Morgan fingerprint density at radius 3 is 2.03 bits per heavy atom. The largest absolute Gasteiger partial charge is 0.348 e. The third-order valence-corrected chi connectivity index (χ3v) is 5.61. The van der Waals surface area contributed by atoms with Gasteiger partial charge in [0.1, 0.15) is 0 Å². The van der Waals surface area contributed by atoms with Crippen molar-refractivity contribution in [3.05, 3.63) is 60.7 Å². The number of hydrogen-bond acceptors (Lipinski definition) is 3. The van der Waals surface area contributed by atoms with Crippen molar-refractivity contribution in [1.82, 2.24) is 0 Å². The number of hydrogen-bond donors (Lipinski definition) is 0. The van der Waals surface area contributed by atoms with Gasteiger partial charge in [-0.25, -0.2) is 0 Å². The van der Waals surface area contributed by atoms with E-state index in [1.807, 2.05) is 72.5 Å². The van der Waals surface area contributed by atoms with E-state index in [4.69, 9.17) is 9.47 Å². The Morgan fingerprint density at radius 1 is 0.931 bits per heavy atom. The number of carbonyl (C=O) groups is 1. The van der Waals surface area contributed by atoms with Crippen LogP contribution in [0.4, 0.5) is 11.4 Å². The van der Waals surface area contributed by atoms with Gasteiger partial charge in [-0.2, -0.15) is 0 Å². The SMILES string of the molecule is C[C@H](CCCCC1(C)OCCO1)CCC(=O)N(c1ccccc1)c1ccccc1. The van der Waals surface area contributed by atoms with Crippen LogP contribution in [0.2, 0.25) is 0 Å². The standard InChI is InChI=1S/C25H33NO3/c1-21(11-9-10-18-25(2)28-19-20-29-25)16-17-24(27)26(22-12-5-3-6-13-22)23-14-7-4-8-15-23/h3-8,12-15,21H,9-11,16-20H2,1-2H3/t21-/m1/s1. The number of para-hydroxylation sites is 2. The van der Waals surface area contributed by atoms with E-state index in [0.717, 1.165) is 43.5 Å². The minimum Gasteiger partial charge on any atom is -0.348 e. The van der Waals surface area contributed by atoms with Gasteiger partial charge in [-0.1, -0.05) is 56.2 Å². The van der Waals surface area contributed by atoms with Crippen molar-refractivity contribution in [3.63, 3.8) is 0 Å². The van der Waals surface area contributed by atoms with E-state index in [2.05, 4.69) is 6.92 Å². The van der Waals surface area contributed by atoms with Crippen molar-refractivity contribution < 1.29 is 14.3 Å². The van der Waals surface area contributed by atoms with Crippen LogP contribution in [0.25, 0.3) is 0 Å². The van der Waals surface area contributed by atoms with E-state index in [0.29, 0.717) is 25.6 Å². The Morgan fingerprint density at radius 2 is 1.48 bits per heavy atom. The van der Waals surface area contributed by atoms with Crippen LogP contribution in [0, 0.1) is 5.92 Å². The topological polar surface area (TPSA) is 38.8 Å². The highest BCUT2D eigenvalue weighted by Gasteiger charge is 2.30. The molecule has 1 atom stereocenters. The number of ether oxygens (including phenoxy) is 2. The van der Waals surface area contributed by atoms with Gasteiger partial charge >= 0.3 is 0 Å². The average Bonchev–Trinajstić information content (AvgIpc) is 3.18. The summed E-state index contributed by atoms with van der Waals surface area (Å²) in [6.45, 7) is 5.68. The maximum atomic E-state index is 13.1. The van der Waals surface area contributed by atoms with E-state index in [-0.39, 0.29) is 11.7 Å². The number of rotatable bonds is 10.